The lowest BCUT2D eigenvalue weighted by molar-refractivity contribution is -0.384. The predicted octanol–water partition coefficient (Wildman–Crippen LogP) is 2.22. The van der Waals surface area contributed by atoms with Crippen LogP contribution in [0.3, 0.4) is 0 Å². The summed E-state index contributed by atoms with van der Waals surface area (Å²) in [4.78, 5) is 50.9. The van der Waals surface area contributed by atoms with E-state index in [2.05, 4.69) is 10.2 Å². The standard InChI is InChI=1S/C24H27N5O7/c1-26(16-22(30)25-17-4-6-18(7-5-17)27-11-13-35-14-12-27)23(31)3-2-10-28-20-9-8-19(29(33)34)15-21(20)36-24(28)32/h4-9,15H,2-3,10-14,16H2,1H3,(H,25,30). The Hall–Kier alpha value is -4.19. The largest absolute Gasteiger partial charge is 0.419 e. The van der Waals surface area contributed by atoms with Crippen molar-refractivity contribution in [3.05, 3.63) is 63.1 Å². The van der Waals surface area contributed by atoms with Crippen LogP contribution in [0.2, 0.25) is 0 Å². The average molecular weight is 498 g/mol. The second kappa shape index (κ2) is 11.0. The van der Waals surface area contributed by atoms with Gasteiger partial charge in [0.2, 0.25) is 11.8 Å². The smallest absolute Gasteiger partial charge is 0.407 e. The highest BCUT2D eigenvalue weighted by Crippen LogP contribution is 2.21. The molecule has 2 aromatic carbocycles. The van der Waals surface area contributed by atoms with Gasteiger partial charge in [-0.1, -0.05) is 0 Å². The quantitative estimate of drug-likeness (QED) is 0.351. The van der Waals surface area contributed by atoms with Crippen molar-refractivity contribution in [2.24, 2.45) is 0 Å². The number of nitrogens with one attached hydrogen (secondary N) is 1. The molecular weight excluding hydrogens is 470 g/mol. The molecule has 1 fully saturated rings. The number of nitrogens with zero attached hydrogens (tertiary/aromatic N) is 4. The molecule has 12 nitrogen and oxygen atoms in total. The van der Waals surface area contributed by atoms with Crippen LogP contribution in [-0.4, -0.2) is 66.1 Å². The summed E-state index contributed by atoms with van der Waals surface area (Å²) in [6.07, 6.45) is 0.448. The number of hydrogen-bond donors (Lipinski definition) is 1. The lowest BCUT2D eigenvalue weighted by atomic mass is 10.2. The zero-order chi connectivity index (χ0) is 25.7. The number of amides is 2. The molecule has 1 aliphatic rings. The second-order valence-corrected chi connectivity index (χ2v) is 8.48. The maximum absolute atomic E-state index is 12.5. The van der Waals surface area contributed by atoms with Crippen LogP contribution >= 0.6 is 0 Å². The van der Waals surface area contributed by atoms with Gasteiger partial charge in [0.05, 0.1) is 36.3 Å². The molecule has 0 saturated carbocycles. The molecule has 0 aliphatic carbocycles. The number of ether oxygens (including phenoxy) is 1. The highest BCUT2D eigenvalue weighted by atomic mass is 16.6. The third kappa shape index (κ3) is 5.89. The summed E-state index contributed by atoms with van der Waals surface area (Å²) >= 11 is 0. The number of nitro groups is 1. The molecule has 190 valence electrons. The first-order valence-electron chi connectivity index (χ1n) is 11.6. The third-order valence-electron chi connectivity index (χ3n) is 5.97. The molecule has 12 heteroatoms. The van der Waals surface area contributed by atoms with E-state index in [9.17, 15) is 24.5 Å². The Morgan fingerprint density at radius 1 is 1.14 bits per heavy atom. The highest BCUT2D eigenvalue weighted by molar-refractivity contribution is 5.94. The maximum Gasteiger partial charge on any atom is 0.419 e. The van der Waals surface area contributed by atoms with E-state index in [0.29, 0.717) is 30.8 Å². The lowest BCUT2D eigenvalue weighted by Gasteiger charge is -2.28. The van der Waals surface area contributed by atoms with Crippen molar-refractivity contribution in [3.8, 4) is 0 Å². The average Bonchev–Trinajstić information content (AvgIpc) is 3.19. The number of morpholine rings is 1. The molecule has 0 radical (unpaired) electrons. The van der Waals surface area contributed by atoms with E-state index < -0.39 is 10.7 Å². The number of fused-ring (bicyclic) bond motifs is 1. The van der Waals surface area contributed by atoms with E-state index in [1.165, 1.54) is 27.7 Å². The van der Waals surface area contributed by atoms with Crippen LogP contribution < -0.4 is 16.0 Å². The van der Waals surface area contributed by atoms with Gasteiger partial charge in [0.1, 0.15) is 0 Å². The van der Waals surface area contributed by atoms with Gasteiger partial charge in [-0.05, 0) is 36.8 Å². The summed E-state index contributed by atoms with van der Waals surface area (Å²) in [6.45, 7) is 3.13. The van der Waals surface area contributed by atoms with E-state index in [1.807, 2.05) is 24.3 Å². The van der Waals surface area contributed by atoms with Gasteiger partial charge < -0.3 is 24.3 Å². The van der Waals surface area contributed by atoms with Crippen molar-refractivity contribution >= 4 is 40.0 Å². The minimum Gasteiger partial charge on any atom is -0.407 e. The summed E-state index contributed by atoms with van der Waals surface area (Å²) in [5.74, 6) is -1.21. The zero-order valence-electron chi connectivity index (χ0n) is 19.8. The molecule has 2 heterocycles. The summed E-state index contributed by atoms with van der Waals surface area (Å²) in [6, 6.07) is 11.5. The van der Waals surface area contributed by atoms with E-state index in [-0.39, 0.29) is 42.6 Å². The molecular formula is C24H27N5O7. The predicted molar refractivity (Wildman–Crippen MR) is 132 cm³/mol. The van der Waals surface area contributed by atoms with Crippen LogP contribution in [0.15, 0.2) is 51.7 Å². The Bertz CT molecular complexity index is 1310. The number of carbonyl (C=O) groups excluding carboxylic acids is 2. The van der Waals surface area contributed by atoms with Gasteiger partial charge >= 0.3 is 5.76 Å². The van der Waals surface area contributed by atoms with Gasteiger partial charge in [-0.2, -0.15) is 0 Å². The molecule has 3 aromatic rings. The topological polar surface area (TPSA) is 140 Å². The van der Waals surface area contributed by atoms with Crippen molar-refractivity contribution in [3.63, 3.8) is 0 Å². The Morgan fingerprint density at radius 3 is 2.56 bits per heavy atom. The first-order valence-corrected chi connectivity index (χ1v) is 11.6. The number of anilines is 2. The number of oxazole rings is 1. The van der Waals surface area contributed by atoms with Crippen LogP contribution in [0.5, 0.6) is 0 Å². The SMILES string of the molecule is CN(CC(=O)Nc1ccc(N2CCOCC2)cc1)C(=O)CCCn1c(=O)oc2cc([N+](=O)[O-])ccc21. The van der Waals surface area contributed by atoms with Crippen LogP contribution in [0.1, 0.15) is 12.8 Å². The van der Waals surface area contributed by atoms with Gasteiger partial charge in [0.25, 0.3) is 5.69 Å². The van der Waals surface area contributed by atoms with Crippen molar-refractivity contribution in [1.29, 1.82) is 0 Å². The number of carbonyl (C=O) groups is 2. The lowest BCUT2D eigenvalue weighted by Crippen LogP contribution is -2.36. The van der Waals surface area contributed by atoms with E-state index in [4.69, 9.17) is 9.15 Å². The first kappa shape index (κ1) is 24.9. The zero-order valence-corrected chi connectivity index (χ0v) is 19.8. The van der Waals surface area contributed by atoms with Crippen LogP contribution in [0, 0.1) is 10.1 Å². The molecule has 1 aliphatic heterocycles. The number of rotatable bonds is 9. The first-order chi connectivity index (χ1) is 17.3. The number of non-ortho nitro benzene ring substituents is 1. The van der Waals surface area contributed by atoms with Crippen molar-refractivity contribution in [2.75, 3.05) is 50.1 Å². The number of aryl methyl sites for hydroxylation is 1. The fourth-order valence-corrected chi connectivity index (χ4v) is 4.04. The molecule has 4 rings (SSSR count). The molecule has 0 bridgehead atoms. The summed E-state index contributed by atoms with van der Waals surface area (Å²) in [7, 11) is 1.54. The minimum atomic E-state index is -0.648. The highest BCUT2D eigenvalue weighted by Gasteiger charge is 2.17. The Labute approximate surface area is 206 Å². The van der Waals surface area contributed by atoms with Gasteiger partial charge in [-0.25, -0.2) is 4.79 Å². The van der Waals surface area contributed by atoms with Crippen LogP contribution in [0.25, 0.3) is 11.1 Å². The van der Waals surface area contributed by atoms with E-state index in [1.54, 1.807) is 7.05 Å². The van der Waals surface area contributed by atoms with Gasteiger partial charge in [0.15, 0.2) is 5.58 Å². The van der Waals surface area contributed by atoms with Crippen molar-refractivity contribution in [1.82, 2.24) is 9.47 Å². The van der Waals surface area contributed by atoms with Gasteiger partial charge in [0, 0.05) is 50.5 Å². The Kier molecular flexibility index (Phi) is 7.64. The number of benzene rings is 2. The molecule has 36 heavy (non-hydrogen) atoms. The molecule has 0 unspecified atom stereocenters. The number of aromatic nitrogens is 1. The van der Waals surface area contributed by atoms with Crippen LogP contribution in [0.4, 0.5) is 17.1 Å². The third-order valence-corrected chi connectivity index (χ3v) is 5.97. The fourth-order valence-electron chi connectivity index (χ4n) is 4.04. The summed E-state index contributed by atoms with van der Waals surface area (Å²) < 4.78 is 11.8. The second-order valence-electron chi connectivity index (χ2n) is 8.48. The Morgan fingerprint density at radius 2 is 1.86 bits per heavy atom. The van der Waals surface area contributed by atoms with E-state index in [0.717, 1.165) is 18.8 Å². The minimum absolute atomic E-state index is 0.109. The Balaban J connectivity index is 1.25. The normalized spacial score (nSPS) is 13.5. The van der Waals surface area contributed by atoms with Crippen molar-refractivity contribution < 1.29 is 23.7 Å². The number of nitro benzene ring substituents is 1. The molecule has 1 aromatic heterocycles. The maximum atomic E-state index is 12.5. The van der Waals surface area contributed by atoms with Crippen molar-refractivity contribution in [2.45, 2.75) is 19.4 Å². The summed E-state index contributed by atoms with van der Waals surface area (Å²) in [5.41, 5.74) is 2.07. The monoisotopic (exact) mass is 497 g/mol. The summed E-state index contributed by atoms with van der Waals surface area (Å²) in [5, 5.41) is 13.7. The number of likely N-dealkylation sites (N-methyl/N-ethyl adjacent to an activating group) is 1. The molecule has 0 spiro atoms. The van der Waals surface area contributed by atoms with Crippen LogP contribution in [-0.2, 0) is 20.9 Å². The number of hydrogen-bond acceptors (Lipinski definition) is 8. The fraction of sp³-hybridized carbons (Fsp3) is 0.375. The van der Waals surface area contributed by atoms with Gasteiger partial charge in [-0.3, -0.25) is 24.3 Å². The van der Waals surface area contributed by atoms with Gasteiger partial charge in [-0.15, -0.1) is 0 Å². The molecule has 1 N–H and O–H groups in total. The van der Waals surface area contributed by atoms with E-state index >= 15 is 0 Å². The molecule has 1 saturated heterocycles. The molecule has 0 atom stereocenters. The molecule has 2 amide bonds.